The largest absolute Gasteiger partial charge is 0.497 e. The summed E-state index contributed by atoms with van der Waals surface area (Å²) < 4.78 is 10.3. The van der Waals surface area contributed by atoms with E-state index in [2.05, 4.69) is 10.6 Å². The van der Waals surface area contributed by atoms with Crippen LogP contribution in [0.15, 0.2) is 60.3 Å². The van der Waals surface area contributed by atoms with Crippen molar-refractivity contribution in [1.29, 1.82) is 0 Å². The van der Waals surface area contributed by atoms with Gasteiger partial charge in [0.1, 0.15) is 17.2 Å². The minimum atomic E-state index is -0.392. The highest BCUT2D eigenvalue weighted by atomic mass is 16.5. The highest BCUT2D eigenvalue weighted by Gasteiger charge is 2.11. The molecule has 0 fully saturated rings. The maximum absolute atomic E-state index is 12.6. The molecule has 158 valence electrons. The highest BCUT2D eigenvalue weighted by molar-refractivity contribution is 6.04. The zero-order chi connectivity index (χ0) is 21.8. The standard InChI is InChI=1S/C24H28N2O4/c1-4-5-16-25-24(28)22(17-19-8-13-21(30-3)14-9-19)26-23(27)15-10-18-6-11-20(29-2)12-7-18/h6-15,17H,4-5,16H2,1-3H3,(H,25,28)(H,26,27)/b15-10+,22-17-. The Kier molecular flexibility index (Phi) is 9.18. The molecule has 2 rings (SSSR count). The molecular weight excluding hydrogens is 380 g/mol. The highest BCUT2D eigenvalue weighted by Crippen LogP contribution is 2.14. The van der Waals surface area contributed by atoms with Crippen molar-refractivity contribution in [2.24, 2.45) is 0 Å². The average Bonchev–Trinajstić information content (AvgIpc) is 2.78. The van der Waals surface area contributed by atoms with Crippen molar-refractivity contribution in [1.82, 2.24) is 10.6 Å². The van der Waals surface area contributed by atoms with Crippen molar-refractivity contribution in [3.8, 4) is 11.5 Å². The van der Waals surface area contributed by atoms with Gasteiger partial charge in [0.25, 0.3) is 5.91 Å². The molecule has 30 heavy (non-hydrogen) atoms. The third-order valence-corrected chi connectivity index (χ3v) is 4.29. The number of methoxy groups -OCH3 is 2. The van der Waals surface area contributed by atoms with E-state index in [0.717, 1.165) is 29.7 Å². The van der Waals surface area contributed by atoms with Crippen LogP contribution >= 0.6 is 0 Å². The monoisotopic (exact) mass is 408 g/mol. The normalized spacial score (nSPS) is 11.2. The molecule has 0 radical (unpaired) electrons. The Bertz CT molecular complexity index is 884. The summed E-state index contributed by atoms with van der Waals surface area (Å²) in [6.45, 7) is 2.60. The number of nitrogens with one attached hydrogen (secondary N) is 2. The topological polar surface area (TPSA) is 76.7 Å². The van der Waals surface area contributed by atoms with E-state index in [0.29, 0.717) is 12.3 Å². The fraction of sp³-hybridized carbons (Fsp3) is 0.250. The summed E-state index contributed by atoms with van der Waals surface area (Å²) in [5.74, 6) is 0.735. The summed E-state index contributed by atoms with van der Waals surface area (Å²) in [5.41, 5.74) is 1.80. The van der Waals surface area contributed by atoms with Gasteiger partial charge in [0, 0.05) is 12.6 Å². The first kappa shape index (κ1) is 22.7. The molecule has 0 aliphatic rings. The Morgan fingerprint density at radius 2 is 1.47 bits per heavy atom. The van der Waals surface area contributed by atoms with Gasteiger partial charge in [-0.15, -0.1) is 0 Å². The number of carbonyl (C=O) groups is 2. The molecule has 0 saturated carbocycles. The first-order valence-electron chi connectivity index (χ1n) is 9.82. The van der Waals surface area contributed by atoms with Crippen LogP contribution in [0.1, 0.15) is 30.9 Å². The lowest BCUT2D eigenvalue weighted by Crippen LogP contribution is -2.34. The van der Waals surface area contributed by atoms with E-state index >= 15 is 0 Å². The third-order valence-electron chi connectivity index (χ3n) is 4.29. The second kappa shape index (κ2) is 12.1. The van der Waals surface area contributed by atoms with Gasteiger partial charge in [-0.3, -0.25) is 9.59 Å². The van der Waals surface area contributed by atoms with Gasteiger partial charge in [-0.25, -0.2) is 0 Å². The summed E-state index contributed by atoms with van der Waals surface area (Å²) in [6.07, 6.45) is 6.54. The molecule has 0 saturated heterocycles. The summed E-state index contributed by atoms with van der Waals surface area (Å²) >= 11 is 0. The van der Waals surface area contributed by atoms with Crippen LogP contribution in [0.5, 0.6) is 11.5 Å². The molecule has 6 heteroatoms. The molecule has 2 N–H and O–H groups in total. The lowest BCUT2D eigenvalue weighted by Gasteiger charge is -2.10. The Labute approximate surface area is 177 Å². The molecule has 0 unspecified atom stereocenters. The van der Waals surface area contributed by atoms with Crippen molar-refractivity contribution in [2.75, 3.05) is 20.8 Å². The fourth-order valence-electron chi connectivity index (χ4n) is 2.56. The first-order chi connectivity index (χ1) is 14.5. The van der Waals surface area contributed by atoms with E-state index < -0.39 is 5.91 Å². The number of rotatable bonds is 10. The quantitative estimate of drug-likeness (QED) is 0.463. The summed E-state index contributed by atoms with van der Waals surface area (Å²) in [7, 11) is 3.19. The van der Waals surface area contributed by atoms with Crippen LogP contribution in [0, 0.1) is 0 Å². The molecule has 0 bridgehead atoms. The van der Waals surface area contributed by atoms with Crippen LogP contribution in [0.4, 0.5) is 0 Å². The Hall–Kier alpha value is -3.54. The van der Waals surface area contributed by atoms with Gasteiger partial charge in [0.15, 0.2) is 0 Å². The van der Waals surface area contributed by atoms with E-state index in [1.165, 1.54) is 6.08 Å². The minimum absolute atomic E-state index is 0.181. The zero-order valence-electron chi connectivity index (χ0n) is 17.6. The zero-order valence-corrected chi connectivity index (χ0v) is 17.6. The van der Waals surface area contributed by atoms with Gasteiger partial charge >= 0.3 is 0 Å². The molecule has 0 aliphatic carbocycles. The molecule has 0 atom stereocenters. The lowest BCUT2D eigenvalue weighted by atomic mass is 10.1. The van der Waals surface area contributed by atoms with Crippen LogP contribution in [0.2, 0.25) is 0 Å². The lowest BCUT2D eigenvalue weighted by molar-refractivity contribution is -0.121. The molecule has 0 aliphatic heterocycles. The number of hydrogen-bond acceptors (Lipinski definition) is 4. The summed E-state index contributed by atoms with van der Waals surface area (Å²) in [6, 6.07) is 14.5. The van der Waals surface area contributed by atoms with Gasteiger partial charge in [0.05, 0.1) is 14.2 Å². The van der Waals surface area contributed by atoms with E-state index in [1.54, 1.807) is 38.5 Å². The number of benzene rings is 2. The maximum Gasteiger partial charge on any atom is 0.267 e. The Morgan fingerprint density at radius 3 is 2.00 bits per heavy atom. The van der Waals surface area contributed by atoms with Gasteiger partial charge in [0.2, 0.25) is 5.91 Å². The van der Waals surface area contributed by atoms with Crippen molar-refractivity contribution in [3.63, 3.8) is 0 Å². The number of carbonyl (C=O) groups excluding carboxylic acids is 2. The number of unbranched alkanes of at least 4 members (excludes halogenated alkanes) is 1. The number of ether oxygens (including phenoxy) is 2. The van der Waals surface area contributed by atoms with Crippen LogP contribution in [0.3, 0.4) is 0 Å². The minimum Gasteiger partial charge on any atom is -0.497 e. The molecule has 2 aromatic carbocycles. The van der Waals surface area contributed by atoms with Gasteiger partial charge < -0.3 is 20.1 Å². The third kappa shape index (κ3) is 7.47. The molecule has 0 aromatic heterocycles. The molecule has 2 amide bonds. The van der Waals surface area contributed by atoms with E-state index in [9.17, 15) is 9.59 Å². The Morgan fingerprint density at radius 1 is 0.900 bits per heavy atom. The second-order valence-corrected chi connectivity index (χ2v) is 6.54. The predicted molar refractivity (Wildman–Crippen MR) is 119 cm³/mol. The van der Waals surface area contributed by atoms with Crippen molar-refractivity contribution >= 4 is 24.0 Å². The van der Waals surface area contributed by atoms with Crippen LogP contribution in [0.25, 0.3) is 12.2 Å². The number of amides is 2. The van der Waals surface area contributed by atoms with E-state index in [4.69, 9.17) is 9.47 Å². The Balaban J connectivity index is 2.13. The van der Waals surface area contributed by atoms with Gasteiger partial charge in [-0.2, -0.15) is 0 Å². The van der Waals surface area contributed by atoms with Crippen molar-refractivity contribution in [2.45, 2.75) is 19.8 Å². The molecular formula is C24H28N2O4. The maximum atomic E-state index is 12.6. The van der Waals surface area contributed by atoms with Crippen LogP contribution < -0.4 is 20.1 Å². The molecule has 0 spiro atoms. The van der Waals surface area contributed by atoms with Gasteiger partial charge in [-0.05, 0) is 54.0 Å². The molecule has 0 heterocycles. The van der Waals surface area contributed by atoms with E-state index in [-0.39, 0.29) is 11.6 Å². The van der Waals surface area contributed by atoms with Gasteiger partial charge in [-0.1, -0.05) is 37.6 Å². The molecule has 2 aromatic rings. The molecule has 6 nitrogen and oxygen atoms in total. The van der Waals surface area contributed by atoms with Crippen molar-refractivity contribution in [3.05, 3.63) is 71.4 Å². The second-order valence-electron chi connectivity index (χ2n) is 6.54. The summed E-state index contributed by atoms with van der Waals surface area (Å²) in [4.78, 5) is 25.0. The van der Waals surface area contributed by atoms with E-state index in [1.807, 2.05) is 43.3 Å². The fourth-order valence-corrected chi connectivity index (χ4v) is 2.56. The summed E-state index contributed by atoms with van der Waals surface area (Å²) in [5, 5.41) is 5.51. The number of hydrogen-bond donors (Lipinski definition) is 2. The predicted octanol–water partition coefficient (Wildman–Crippen LogP) is 3.79. The first-order valence-corrected chi connectivity index (χ1v) is 9.82. The average molecular weight is 408 g/mol. The smallest absolute Gasteiger partial charge is 0.267 e. The van der Waals surface area contributed by atoms with Crippen LogP contribution in [-0.4, -0.2) is 32.6 Å². The van der Waals surface area contributed by atoms with Crippen LogP contribution in [-0.2, 0) is 9.59 Å². The van der Waals surface area contributed by atoms with Crippen molar-refractivity contribution < 1.29 is 19.1 Å². The SMILES string of the molecule is CCCCNC(=O)/C(=C/c1ccc(OC)cc1)NC(=O)/C=C/c1ccc(OC)cc1.